The molecule has 3 nitrogen and oxygen atoms in total. The van der Waals surface area contributed by atoms with Gasteiger partial charge in [-0.3, -0.25) is 0 Å². The Kier molecular flexibility index (Phi) is 3.08. The Labute approximate surface area is 111 Å². The van der Waals surface area contributed by atoms with Gasteiger partial charge in [0.05, 0.1) is 12.5 Å². The Morgan fingerprint density at radius 2 is 1.94 bits per heavy atom. The van der Waals surface area contributed by atoms with Gasteiger partial charge in [-0.15, -0.1) is 0 Å². The minimum atomic E-state index is 0.523. The standard InChI is InChI=1S/C14H15ClN2O/c1-18-14-12-8-16-13(15)6-10(12)11(7-17-14)9-4-2-3-5-9/h6-9H,2-5H2,1H3. The first-order chi connectivity index (χ1) is 8.79. The van der Waals surface area contributed by atoms with Crippen LogP contribution in [0.2, 0.25) is 5.15 Å². The Morgan fingerprint density at radius 1 is 1.17 bits per heavy atom. The summed E-state index contributed by atoms with van der Waals surface area (Å²) in [5.41, 5.74) is 1.28. The lowest BCUT2D eigenvalue weighted by molar-refractivity contribution is 0.403. The summed E-state index contributed by atoms with van der Waals surface area (Å²) in [6.45, 7) is 0. The van der Waals surface area contributed by atoms with Crippen molar-refractivity contribution in [3.05, 3.63) is 29.2 Å². The summed E-state index contributed by atoms with van der Waals surface area (Å²) >= 11 is 6.02. The average Bonchev–Trinajstić information content (AvgIpc) is 2.91. The van der Waals surface area contributed by atoms with Crippen LogP contribution in [-0.4, -0.2) is 17.1 Å². The molecule has 3 rings (SSSR count). The second-order valence-electron chi connectivity index (χ2n) is 4.76. The first kappa shape index (κ1) is 11.7. The van der Waals surface area contributed by atoms with Crippen LogP contribution in [0, 0.1) is 0 Å². The number of halogens is 1. The number of fused-ring (bicyclic) bond motifs is 1. The van der Waals surface area contributed by atoms with Gasteiger partial charge in [-0.25, -0.2) is 9.97 Å². The summed E-state index contributed by atoms with van der Waals surface area (Å²) in [5.74, 6) is 1.22. The molecular formula is C14H15ClN2O. The summed E-state index contributed by atoms with van der Waals surface area (Å²) in [4.78, 5) is 8.52. The van der Waals surface area contributed by atoms with Gasteiger partial charge in [-0.05, 0) is 35.8 Å². The molecule has 1 saturated carbocycles. The maximum atomic E-state index is 6.02. The second kappa shape index (κ2) is 4.73. The molecule has 0 saturated heterocycles. The Bertz CT molecular complexity index is 579. The van der Waals surface area contributed by atoms with Crippen LogP contribution >= 0.6 is 11.6 Å². The fourth-order valence-electron chi connectivity index (χ4n) is 2.83. The van der Waals surface area contributed by atoms with Crippen LogP contribution in [0.1, 0.15) is 37.2 Å². The van der Waals surface area contributed by atoms with Gasteiger partial charge in [0, 0.05) is 12.4 Å². The third-order valence-electron chi connectivity index (χ3n) is 3.72. The van der Waals surface area contributed by atoms with Crippen molar-refractivity contribution in [1.82, 2.24) is 9.97 Å². The third-order valence-corrected chi connectivity index (χ3v) is 3.93. The predicted octanol–water partition coefficient (Wildman–Crippen LogP) is 3.95. The molecule has 0 aromatic carbocycles. The number of pyridine rings is 2. The molecule has 0 radical (unpaired) electrons. The van der Waals surface area contributed by atoms with Gasteiger partial charge in [0.15, 0.2) is 0 Å². The zero-order valence-electron chi connectivity index (χ0n) is 10.3. The third kappa shape index (κ3) is 1.93. The molecule has 0 spiro atoms. The van der Waals surface area contributed by atoms with E-state index in [1.54, 1.807) is 13.3 Å². The van der Waals surface area contributed by atoms with E-state index in [4.69, 9.17) is 16.3 Å². The van der Waals surface area contributed by atoms with Crippen LogP contribution < -0.4 is 4.74 Å². The van der Waals surface area contributed by atoms with Gasteiger partial charge in [0.2, 0.25) is 5.88 Å². The predicted molar refractivity (Wildman–Crippen MR) is 72.3 cm³/mol. The van der Waals surface area contributed by atoms with E-state index in [0.29, 0.717) is 17.0 Å². The second-order valence-corrected chi connectivity index (χ2v) is 5.14. The van der Waals surface area contributed by atoms with Gasteiger partial charge in [0.25, 0.3) is 0 Å². The van der Waals surface area contributed by atoms with Crippen molar-refractivity contribution in [3.63, 3.8) is 0 Å². The normalized spacial score (nSPS) is 16.3. The van der Waals surface area contributed by atoms with Crippen molar-refractivity contribution >= 4 is 22.4 Å². The Morgan fingerprint density at radius 3 is 2.67 bits per heavy atom. The van der Waals surface area contributed by atoms with E-state index in [2.05, 4.69) is 9.97 Å². The lowest BCUT2D eigenvalue weighted by Gasteiger charge is -2.14. The lowest BCUT2D eigenvalue weighted by Crippen LogP contribution is -1.98. The average molecular weight is 263 g/mol. The van der Waals surface area contributed by atoms with E-state index in [0.717, 1.165) is 10.8 Å². The van der Waals surface area contributed by atoms with Gasteiger partial charge in [-0.1, -0.05) is 24.4 Å². The molecule has 18 heavy (non-hydrogen) atoms. The molecule has 0 unspecified atom stereocenters. The molecule has 0 N–H and O–H groups in total. The molecule has 1 fully saturated rings. The zero-order chi connectivity index (χ0) is 12.5. The summed E-state index contributed by atoms with van der Waals surface area (Å²) in [6, 6.07) is 1.93. The molecule has 4 heteroatoms. The highest BCUT2D eigenvalue weighted by Gasteiger charge is 2.21. The molecule has 1 aliphatic rings. The highest BCUT2D eigenvalue weighted by atomic mass is 35.5. The maximum Gasteiger partial charge on any atom is 0.222 e. The van der Waals surface area contributed by atoms with Crippen LogP contribution in [0.15, 0.2) is 18.5 Å². The molecule has 2 aromatic rings. The van der Waals surface area contributed by atoms with Crippen LogP contribution in [0.3, 0.4) is 0 Å². The number of hydrogen-bond donors (Lipinski definition) is 0. The van der Waals surface area contributed by atoms with E-state index < -0.39 is 0 Å². The van der Waals surface area contributed by atoms with Crippen molar-refractivity contribution in [2.24, 2.45) is 0 Å². The molecule has 0 amide bonds. The molecule has 2 aromatic heterocycles. The summed E-state index contributed by atoms with van der Waals surface area (Å²) in [6.07, 6.45) is 8.77. The van der Waals surface area contributed by atoms with Crippen molar-refractivity contribution in [1.29, 1.82) is 0 Å². The number of methoxy groups -OCH3 is 1. The minimum absolute atomic E-state index is 0.523. The van der Waals surface area contributed by atoms with Crippen molar-refractivity contribution < 1.29 is 4.74 Å². The van der Waals surface area contributed by atoms with Crippen molar-refractivity contribution in [3.8, 4) is 5.88 Å². The van der Waals surface area contributed by atoms with E-state index in [1.165, 1.54) is 31.2 Å². The largest absolute Gasteiger partial charge is 0.481 e. The summed E-state index contributed by atoms with van der Waals surface area (Å²) in [5, 5.41) is 2.61. The first-order valence-corrected chi connectivity index (χ1v) is 6.65. The van der Waals surface area contributed by atoms with Crippen LogP contribution in [0.25, 0.3) is 10.8 Å². The smallest absolute Gasteiger partial charge is 0.222 e. The number of ether oxygens (including phenoxy) is 1. The number of rotatable bonds is 2. The molecule has 1 aliphatic carbocycles. The van der Waals surface area contributed by atoms with Crippen molar-refractivity contribution in [2.75, 3.05) is 7.11 Å². The zero-order valence-corrected chi connectivity index (χ0v) is 11.1. The van der Waals surface area contributed by atoms with Crippen LogP contribution in [-0.2, 0) is 0 Å². The highest BCUT2D eigenvalue weighted by molar-refractivity contribution is 6.30. The fraction of sp³-hybridized carbons (Fsp3) is 0.429. The molecular weight excluding hydrogens is 248 g/mol. The molecule has 2 heterocycles. The van der Waals surface area contributed by atoms with E-state index >= 15 is 0 Å². The molecule has 94 valence electrons. The molecule has 0 bridgehead atoms. The quantitative estimate of drug-likeness (QED) is 0.769. The van der Waals surface area contributed by atoms with Crippen LogP contribution in [0.5, 0.6) is 5.88 Å². The monoisotopic (exact) mass is 262 g/mol. The summed E-state index contributed by atoms with van der Waals surface area (Å²) in [7, 11) is 1.63. The Balaban J connectivity index is 2.22. The van der Waals surface area contributed by atoms with E-state index in [1.807, 2.05) is 12.3 Å². The minimum Gasteiger partial charge on any atom is -0.481 e. The SMILES string of the molecule is COc1ncc(C2CCCC2)c2cc(Cl)ncc12. The van der Waals surface area contributed by atoms with Gasteiger partial charge in [0.1, 0.15) is 5.15 Å². The lowest BCUT2D eigenvalue weighted by atomic mass is 9.95. The fourth-order valence-corrected chi connectivity index (χ4v) is 2.99. The number of hydrogen-bond acceptors (Lipinski definition) is 3. The number of aromatic nitrogens is 2. The maximum absolute atomic E-state index is 6.02. The van der Waals surface area contributed by atoms with E-state index in [9.17, 15) is 0 Å². The molecule has 0 aliphatic heterocycles. The van der Waals surface area contributed by atoms with E-state index in [-0.39, 0.29) is 0 Å². The van der Waals surface area contributed by atoms with Crippen molar-refractivity contribution in [2.45, 2.75) is 31.6 Å². The summed E-state index contributed by atoms with van der Waals surface area (Å²) < 4.78 is 5.29. The van der Waals surface area contributed by atoms with Gasteiger partial charge < -0.3 is 4.74 Å². The molecule has 0 atom stereocenters. The number of nitrogens with zero attached hydrogens (tertiary/aromatic N) is 2. The first-order valence-electron chi connectivity index (χ1n) is 6.27. The Hall–Kier alpha value is -1.35. The highest BCUT2D eigenvalue weighted by Crippen LogP contribution is 2.39. The van der Waals surface area contributed by atoms with Gasteiger partial charge >= 0.3 is 0 Å². The topological polar surface area (TPSA) is 35.0 Å². The van der Waals surface area contributed by atoms with Crippen LogP contribution in [0.4, 0.5) is 0 Å². The van der Waals surface area contributed by atoms with Gasteiger partial charge in [-0.2, -0.15) is 0 Å².